The van der Waals surface area contributed by atoms with Crippen LogP contribution in [0.3, 0.4) is 0 Å². The second-order valence-corrected chi connectivity index (χ2v) is 6.81. The van der Waals surface area contributed by atoms with Gasteiger partial charge in [0.25, 0.3) is 0 Å². The highest BCUT2D eigenvalue weighted by atomic mass is 32.1. The van der Waals surface area contributed by atoms with E-state index in [4.69, 9.17) is 5.26 Å². The van der Waals surface area contributed by atoms with E-state index in [9.17, 15) is 4.79 Å². The predicted octanol–water partition coefficient (Wildman–Crippen LogP) is 4.88. The van der Waals surface area contributed by atoms with Gasteiger partial charge < -0.3 is 0 Å². The average molecular weight is 386 g/mol. The maximum Gasteiger partial charge on any atom is 0.301 e. The van der Waals surface area contributed by atoms with Crippen molar-refractivity contribution in [2.45, 2.75) is 6.92 Å². The second kappa shape index (κ2) is 7.42. The number of benzene rings is 2. The van der Waals surface area contributed by atoms with Crippen LogP contribution in [0.15, 0.2) is 75.0 Å². The van der Waals surface area contributed by atoms with Gasteiger partial charge in [0.05, 0.1) is 28.7 Å². The first-order valence-corrected chi connectivity index (χ1v) is 9.28. The minimum atomic E-state index is -0.327. The van der Waals surface area contributed by atoms with Gasteiger partial charge in [-0.25, -0.2) is 4.98 Å². The van der Waals surface area contributed by atoms with E-state index in [-0.39, 0.29) is 11.2 Å². The molecule has 0 saturated heterocycles. The van der Waals surface area contributed by atoms with E-state index >= 15 is 0 Å². The van der Waals surface area contributed by atoms with Crippen molar-refractivity contribution < 1.29 is 0 Å². The minimum absolute atomic E-state index is 0.207. The summed E-state index contributed by atoms with van der Waals surface area (Å²) in [7, 11) is 0. The molecule has 0 radical (unpaired) electrons. The van der Waals surface area contributed by atoms with Gasteiger partial charge in [0.1, 0.15) is 0 Å². The Kier molecular flexibility index (Phi) is 4.66. The quantitative estimate of drug-likeness (QED) is 0.506. The van der Waals surface area contributed by atoms with Crippen molar-refractivity contribution in [1.29, 1.82) is 5.26 Å². The number of hydrogen-bond donors (Lipinski definition) is 1. The lowest BCUT2D eigenvalue weighted by Gasteiger charge is -1.95. The molecule has 2 heterocycles. The molecule has 0 spiro atoms. The lowest BCUT2D eigenvalue weighted by atomic mass is 10.2. The second-order valence-electron chi connectivity index (χ2n) is 5.97. The molecule has 2 aromatic heterocycles. The van der Waals surface area contributed by atoms with E-state index in [1.54, 1.807) is 31.2 Å². The number of aryl methyl sites for hydroxylation is 1. The lowest BCUT2D eigenvalue weighted by molar-refractivity contribution is 0.827. The van der Waals surface area contributed by atoms with Crippen LogP contribution in [0.2, 0.25) is 0 Å². The van der Waals surface area contributed by atoms with Crippen LogP contribution in [-0.2, 0) is 0 Å². The smallest absolute Gasteiger partial charge is 0.291 e. The summed E-state index contributed by atoms with van der Waals surface area (Å²) >= 11 is 1.37. The normalized spacial score (nSPS) is 11.0. The fourth-order valence-electron chi connectivity index (χ4n) is 2.64. The van der Waals surface area contributed by atoms with Gasteiger partial charge in [-0.05, 0) is 25.1 Å². The molecule has 0 saturated carbocycles. The summed E-state index contributed by atoms with van der Waals surface area (Å²) in [6.45, 7) is 1.75. The summed E-state index contributed by atoms with van der Waals surface area (Å²) in [6.07, 6.45) is 0. The molecule has 136 valence electrons. The van der Waals surface area contributed by atoms with E-state index < -0.39 is 0 Å². The van der Waals surface area contributed by atoms with Crippen molar-refractivity contribution in [3.05, 3.63) is 81.6 Å². The third-order valence-corrected chi connectivity index (χ3v) is 4.86. The fraction of sp³-hybridized carbons (Fsp3) is 0.0500. The number of azo groups is 1. The van der Waals surface area contributed by atoms with Crippen molar-refractivity contribution >= 4 is 22.7 Å². The summed E-state index contributed by atoms with van der Waals surface area (Å²) in [5.74, 6) is 0. The van der Waals surface area contributed by atoms with Crippen molar-refractivity contribution in [2.24, 2.45) is 10.2 Å². The topological polar surface area (TPSA) is 99.2 Å². The molecule has 2 aromatic carbocycles. The SMILES string of the molecule is Cc1[nH]n(-c2nc(-c3ccccc3)cs2)c(=O)c1N=Nc1cccc(C#N)c1. The number of rotatable bonds is 4. The Morgan fingerprint density at radius 3 is 2.75 bits per heavy atom. The number of H-pyrrole nitrogens is 1. The highest BCUT2D eigenvalue weighted by Crippen LogP contribution is 2.24. The first-order valence-electron chi connectivity index (χ1n) is 8.40. The van der Waals surface area contributed by atoms with Crippen LogP contribution < -0.4 is 5.56 Å². The van der Waals surface area contributed by atoms with E-state index in [0.29, 0.717) is 22.1 Å². The van der Waals surface area contributed by atoms with Crippen LogP contribution in [0, 0.1) is 18.3 Å². The molecule has 0 fully saturated rings. The monoisotopic (exact) mass is 386 g/mol. The number of nitrogens with zero attached hydrogens (tertiary/aromatic N) is 5. The average Bonchev–Trinajstić information content (AvgIpc) is 3.32. The summed E-state index contributed by atoms with van der Waals surface area (Å²) in [5, 5.41) is 22.6. The highest BCUT2D eigenvalue weighted by Gasteiger charge is 2.15. The van der Waals surface area contributed by atoms with Crippen molar-refractivity contribution in [3.63, 3.8) is 0 Å². The minimum Gasteiger partial charge on any atom is -0.291 e. The van der Waals surface area contributed by atoms with Gasteiger partial charge >= 0.3 is 5.56 Å². The van der Waals surface area contributed by atoms with Gasteiger partial charge in [0, 0.05) is 10.9 Å². The number of nitriles is 1. The molecular weight excluding hydrogens is 372 g/mol. The Morgan fingerprint density at radius 2 is 1.96 bits per heavy atom. The number of thiazole rings is 1. The maximum absolute atomic E-state index is 12.8. The number of aromatic amines is 1. The van der Waals surface area contributed by atoms with Crippen LogP contribution in [0.5, 0.6) is 0 Å². The summed E-state index contributed by atoms with van der Waals surface area (Å²) in [4.78, 5) is 17.3. The fourth-order valence-corrected chi connectivity index (χ4v) is 3.43. The third-order valence-electron chi connectivity index (χ3n) is 4.03. The van der Waals surface area contributed by atoms with E-state index in [2.05, 4.69) is 20.3 Å². The van der Waals surface area contributed by atoms with Gasteiger partial charge in [-0.15, -0.1) is 16.5 Å². The summed E-state index contributed by atoms with van der Waals surface area (Å²) in [6, 6.07) is 18.5. The Hall–Kier alpha value is -3.83. The molecule has 0 unspecified atom stereocenters. The van der Waals surface area contributed by atoms with E-state index in [0.717, 1.165) is 11.3 Å². The zero-order valence-electron chi connectivity index (χ0n) is 14.8. The molecule has 0 amide bonds. The van der Waals surface area contributed by atoms with Gasteiger partial charge in [0.2, 0.25) is 5.13 Å². The molecule has 1 N–H and O–H groups in total. The van der Waals surface area contributed by atoms with Gasteiger partial charge in [0.15, 0.2) is 5.69 Å². The van der Waals surface area contributed by atoms with Crippen molar-refractivity contribution in [3.8, 4) is 22.5 Å². The number of aromatic nitrogens is 3. The van der Waals surface area contributed by atoms with Crippen molar-refractivity contribution in [1.82, 2.24) is 14.8 Å². The Balaban J connectivity index is 1.67. The molecular formula is C20H14N6OS. The van der Waals surface area contributed by atoms with Crippen molar-refractivity contribution in [2.75, 3.05) is 0 Å². The molecule has 28 heavy (non-hydrogen) atoms. The maximum atomic E-state index is 12.8. The molecule has 4 rings (SSSR count). The Labute approximate surface area is 164 Å². The van der Waals surface area contributed by atoms with Gasteiger partial charge in [-0.2, -0.15) is 15.1 Å². The van der Waals surface area contributed by atoms with Crippen LogP contribution in [0.4, 0.5) is 11.4 Å². The summed E-state index contributed by atoms with van der Waals surface area (Å²) < 4.78 is 1.37. The molecule has 0 aliphatic carbocycles. The van der Waals surface area contributed by atoms with Crippen LogP contribution in [0.25, 0.3) is 16.4 Å². The van der Waals surface area contributed by atoms with Crippen LogP contribution >= 0.6 is 11.3 Å². The molecule has 7 nitrogen and oxygen atoms in total. The molecule has 0 bridgehead atoms. The molecule has 0 aliphatic heterocycles. The molecule has 8 heteroatoms. The largest absolute Gasteiger partial charge is 0.301 e. The van der Waals surface area contributed by atoms with E-state index in [1.165, 1.54) is 16.0 Å². The first kappa shape index (κ1) is 17.6. The number of hydrogen-bond acceptors (Lipinski definition) is 6. The zero-order valence-corrected chi connectivity index (χ0v) is 15.6. The zero-order chi connectivity index (χ0) is 19.5. The number of nitrogens with one attached hydrogen (secondary N) is 1. The van der Waals surface area contributed by atoms with Gasteiger partial charge in [-0.1, -0.05) is 36.4 Å². The van der Waals surface area contributed by atoms with Crippen LogP contribution in [-0.4, -0.2) is 14.8 Å². The summed E-state index contributed by atoms with van der Waals surface area (Å²) in [5.41, 5.74) is 3.24. The Morgan fingerprint density at radius 1 is 1.14 bits per heavy atom. The molecule has 0 atom stereocenters. The standard InChI is InChI=1S/C20H14N6OS/c1-13-18(24-23-16-9-5-6-14(10-16)11-21)19(27)26(25-13)20-22-17(12-28-20)15-7-3-2-4-8-15/h2-10,12,25H,1H3. The Bertz CT molecular complexity index is 1260. The lowest BCUT2D eigenvalue weighted by Crippen LogP contribution is -2.13. The third kappa shape index (κ3) is 3.39. The van der Waals surface area contributed by atoms with E-state index in [1.807, 2.05) is 41.8 Å². The predicted molar refractivity (Wildman–Crippen MR) is 108 cm³/mol. The molecule has 0 aliphatic rings. The van der Waals surface area contributed by atoms with Gasteiger partial charge in [-0.3, -0.25) is 9.89 Å². The molecule has 4 aromatic rings. The van der Waals surface area contributed by atoms with Crippen LogP contribution in [0.1, 0.15) is 11.3 Å². The highest BCUT2D eigenvalue weighted by molar-refractivity contribution is 7.12. The first-order chi connectivity index (χ1) is 13.7.